The molecule has 7 nitrogen and oxygen atoms in total. The van der Waals surface area contributed by atoms with Gasteiger partial charge in [-0.05, 0) is 13.0 Å². The first kappa shape index (κ1) is 12.5. The molecule has 1 N–H and O–H groups in total. The lowest BCUT2D eigenvalue weighted by Gasteiger charge is -2.11. The summed E-state index contributed by atoms with van der Waals surface area (Å²) in [5, 5.41) is 2.59. The maximum absolute atomic E-state index is 11.7. The topological polar surface area (TPSA) is 81.9 Å². The number of carbonyl (C=O) groups excluding carboxylic acids is 2. The number of rotatable bonds is 2. The number of ether oxygens (including phenoxy) is 2. The number of nitrogens with one attached hydrogen (secondary N) is 1. The van der Waals surface area contributed by atoms with E-state index in [1.807, 2.05) is 6.92 Å². The highest BCUT2D eigenvalue weighted by molar-refractivity contribution is 5.90. The first-order chi connectivity index (χ1) is 9.58. The van der Waals surface area contributed by atoms with Crippen molar-refractivity contribution in [2.24, 2.45) is 0 Å². The smallest absolute Gasteiger partial charge is 0.407 e. The van der Waals surface area contributed by atoms with Gasteiger partial charge in [0.1, 0.15) is 11.8 Å². The van der Waals surface area contributed by atoms with E-state index in [4.69, 9.17) is 9.47 Å². The number of esters is 1. The molecule has 3 rings (SSSR count). The zero-order valence-corrected chi connectivity index (χ0v) is 11.0. The van der Waals surface area contributed by atoms with E-state index in [0.29, 0.717) is 23.3 Å². The van der Waals surface area contributed by atoms with Crippen LogP contribution in [0.2, 0.25) is 0 Å². The van der Waals surface area contributed by atoms with Crippen LogP contribution in [0.25, 0.3) is 5.65 Å². The molecule has 0 saturated carbocycles. The lowest BCUT2D eigenvalue weighted by molar-refractivity contribution is 0.0600. The minimum atomic E-state index is -0.472. The Morgan fingerprint density at radius 2 is 2.35 bits per heavy atom. The molecule has 0 spiro atoms. The van der Waals surface area contributed by atoms with Crippen molar-refractivity contribution in [1.82, 2.24) is 14.7 Å². The molecule has 0 radical (unpaired) electrons. The van der Waals surface area contributed by atoms with Crippen LogP contribution < -0.4 is 5.32 Å². The molecule has 0 bridgehead atoms. The Kier molecular flexibility index (Phi) is 2.81. The fraction of sp³-hybridized carbons (Fsp3) is 0.308. The third-order valence-electron chi connectivity index (χ3n) is 3.15. The molecular weight excluding hydrogens is 262 g/mol. The van der Waals surface area contributed by atoms with Crippen molar-refractivity contribution in [2.45, 2.75) is 13.0 Å². The molecule has 3 heterocycles. The minimum Gasteiger partial charge on any atom is -0.465 e. The maximum Gasteiger partial charge on any atom is 0.407 e. The van der Waals surface area contributed by atoms with Crippen molar-refractivity contribution in [2.75, 3.05) is 13.7 Å². The number of cyclic esters (lactones) is 1. The van der Waals surface area contributed by atoms with Gasteiger partial charge >= 0.3 is 12.1 Å². The van der Waals surface area contributed by atoms with E-state index in [2.05, 4.69) is 10.3 Å². The molecule has 7 heteroatoms. The molecule has 1 amide bonds. The van der Waals surface area contributed by atoms with Crippen LogP contribution in [0.4, 0.5) is 4.79 Å². The summed E-state index contributed by atoms with van der Waals surface area (Å²) in [7, 11) is 1.32. The van der Waals surface area contributed by atoms with Crippen LogP contribution >= 0.6 is 0 Å². The van der Waals surface area contributed by atoms with Gasteiger partial charge in [-0.1, -0.05) is 0 Å². The molecule has 0 aromatic carbocycles. The summed E-state index contributed by atoms with van der Waals surface area (Å²) in [6, 6.07) is 1.65. The highest BCUT2D eigenvalue weighted by Crippen LogP contribution is 2.26. The molecule has 1 unspecified atom stereocenters. The van der Waals surface area contributed by atoms with Crippen molar-refractivity contribution < 1.29 is 19.1 Å². The quantitative estimate of drug-likeness (QED) is 0.833. The van der Waals surface area contributed by atoms with Gasteiger partial charge < -0.3 is 19.2 Å². The van der Waals surface area contributed by atoms with E-state index in [9.17, 15) is 9.59 Å². The van der Waals surface area contributed by atoms with Crippen molar-refractivity contribution >= 4 is 17.7 Å². The Hall–Kier alpha value is -2.57. The number of amides is 1. The number of carbonyl (C=O) groups is 2. The van der Waals surface area contributed by atoms with Gasteiger partial charge in [-0.15, -0.1) is 0 Å². The van der Waals surface area contributed by atoms with Crippen LogP contribution in [0.1, 0.15) is 27.7 Å². The first-order valence-electron chi connectivity index (χ1n) is 6.10. The molecule has 20 heavy (non-hydrogen) atoms. The lowest BCUT2D eigenvalue weighted by Crippen LogP contribution is -2.13. The standard InChI is InChI=1S/C13H13N3O4/c1-7-5-16-6-8(12(17)19-2)3-9(11(16)15-7)10-4-14-13(18)20-10/h3,5-6,10H,4H2,1-2H3,(H,14,18). The number of hydrogen-bond donors (Lipinski definition) is 1. The maximum atomic E-state index is 11.7. The van der Waals surface area contributed by atoms with E-state index >= 15 is 0 Å². The van der Waals surface area contributed by atoms with Gasteiger partial charge in [-0.2, -0.15) is 0 Å². The van der Waals surface area contributed by atoms with Crippen molar-refractivity contribution in [3.8, 4) is 0 Å². The molecule has 0 aliphatic carbocycles. The summed E-state index contributed by atoms with van der Waals surface area (Å²) in [6.45, 7) is 2.21. The second-order valence-corrected chi connectivity index (χ2v) is 4.56. The highest BCUT2D eigenvalue weighted by Gasteiger charge is 2.28. The summed E-state index contributed by atoms with van der Waals surface area (Å²) in [6.07, 6.45) is 2.51. The van der Waals surface area contributed by atoms with Crippen LogP contribution in [0.15, 0.2) is 18.5 Å². The summed E-state index contributed by atoms with van der Waals surface area (Å²) >= 11 is 0. The van der Waals surface area contributed by atoms with Gasteiger partial charge in [0.2, 0.25) is 0 Å². The zero-order chi connectivity index (χ0) is 14.3. The van der Waals surface area contributed by atoms with Gasteiger partial charge in [0.25, 0.3) is 0 Å². The Morgan fingerprint density at radius 1 is 1.55 bits per heavy atom. The molecular formula is C13H13N3O4. The predicted octanol–water partition coefficient (Wildman–Crippen LogP) is 1.21. The van der Waals surface area contributed by atoms with Crippen molar-refractivity contribution in [1.29, 1.82) is 0 Å². The predicted molar refractivity (Wildman–Crippen MR) is 68.5 cm³/mol. The second-order valence-electron chi connectivity index (χ2n) is 4.56. The number of fused-ring (bicyclic) bond motifs is 1. The summed E-state index contributed by atoms with van der Waals surface area (Å²) < 4.78 is 11.7. The van der Waals surface area contributed by atoms with E-state index in [1.54, 1.807) is 22.9 Å². The van der Waals surface area contributed by atoms with Crippen molar-refractivity contribution in [3.63, 3.8) is 0 Å². The number of methoxy groups -OCH3 is 1. The zero-order valence-electron chi connectivity index (χ0n) is 11.0. The normalized spacial score (nSPS) is 17.9. The van der Waals surface area contributed by atoms with E-state index < -0.39 is 18.2 Å². The van der Waals surface area contributed by atoms with Gasteiger partial charge in [0.15, 0.2) is 0 Å². The largest absolute Gasteiger partial charge is 0.465 e. The van der Waals surface area contributed by atoms with Gasteiger partial charge in [0.05, 0.1) is 24.9 Å². The summed E-state index contributed by atoms with van der Waals surface area (Å²) in [4.78, 5) is 27.3. The van der Waals surface area contributed by atoms with Crippen LogP contribution in [0.3, 0.4) is 0 Å². The van der Waals surface area contributed by atoms with Crippen LogP contribution in [0.5, 0.6) is 0 Å². The fourth-order valence-corrected chi connectivity index (χ4v) is 2.28. The molecule has 2 aromatic rings. The highest BCUT2D eigenvalue weighted by atomic mass is 16.6. The Bertz CT molecular complexity index is 707. The molecule has 1 fully saturated rings. The SMILES string of the molecule is COC(=O)c1cc(C2CNC(=O)O2)c2nc(C)cn2c1. The molecule has 104 valence electrons. The second kappa shape index (κ2) is 4.52. The monoisotopic (exact) mass is 275 g/mol. The molecule has 1 atom stereocenters. The average Bonchev–Trinajstić information content (AvgIpc) is 3.01. The molecule has 1 aliphatic rings. The van der Waals surface area contributed by atoms with Crippen molar-refractivity contribution in [3.05, 3.63) is 35.3 Å². The number of aryl methyl sites for hydroxylation is 1. The van der Waals surface area contributed by atoms with Gasteiger partial charge in [-0.25, -0.2) is 14.6 Å². The van der Waals surface area contributed by atoms with E-state index in [0.717, 1.165) is 5.69 Å². The first-order valence-corrected chi connectivity index (χ1v) is 6.10. The third-order valence-corrected chi connectivity index (χ3v) is 3.15. The Balaban J connectivity index is 2.16. The van der Waals surface area contributed by atoms with E-state index in [1.165, 1.54) is 7.11 Å². The Labute approximate surface area is 114 Å². The number of alkyl carbamates (subject to hydrolysis) is 1. The number of hydrogen-bond acceptors (Lipinski definition) is 5. The Morgan fingerprint density at radius 3 is 3.00 bits per heavy atom. The van der Waals surface area contributed by atoms with Crippen LogP contribution in [0, 0.1) is 6.92 Å². The average molecular weight is 275 g/mol. The van der Waals surface area contributed by atoms with Gasteiger partial charge in [0, 0.05) is 18.0 Å². The molecule has 1 saturated heterocycles. The fourth-order valence-electron chi connectivity index (χ4n) is 2.28. The minimum absolute atomic E-state index is 0.352. The number of imidazole rings is 1. The number of nitrogens with zero attached hydrogens (tertiary/aromatic N) is 2. The number of pyridine rings is 1. The van der Waals surface area contributed by atoms with Crippen LogP contribution in [-0.2, 0) is 9.47 Å². The summed E-state index contributed by atoms with van der Waals surface area (Å²) in [5.74, 6) is -0.447. The van der Waals surface area contributed by atoms with Crippen LogP contribution in [-0.4, -0.2) is 35.1 Å². The molecule has 2 aromatic heterocycles. The molecule has 1 aliphatic heterocycles. The van der Waals surface area contributed by atoms with Gasteiger partial charge in [-0.3, -0.25) is 0 Å². The third kappa shape index (κ3) is 1.97. The summed E-state index contributed by atoms with van der Waals surface area (Å²) in [5.41, 5.74) is 2.54. The van der Waals surface area contributed by atoms with E-state index in [-0.39, 0.29) is 0 Å². The lowest BCUT2D eigenvalue weighted by atomic mass is 10.1. The number of aromatic nitrogens is 2.